The molecule has 0 aliphatic carbocycles. The molecule has 1 fully saturated rings. The van der Waals surface area contributed by atoms with Gasteiger partial charge in [-0.2, -0.15) is 13.2 Å². The first-order valence-corrected chi connectivity index (χ1v) is 6.40. The molecule has 0 amide bonds. The van der Waals surface area contributed by atoms with E-state index in [-0.39, 0.29) is 11.4 Å². The van der Waals surface area contributed by atoms with E-state index in [1.807, 2.05) is 6.92 Å². The third-order valence-corrected chi connectivity index (χ3v) is 4.69. The van der Waals surface area contributed by atoms with Crippen LogP contribution in [0.25, 0.3) is 0 Å². The van der Waals surface area contributed by atoms with Crippen LogP contribution in [-0.2, 0) is 4.74 Å². The molecule has 0 bridgehead atoms. The van der Waals surface area contributed by atoms with Crippen LogP contribution in [0.5, 0.6) is 0 Å². The van der Waals surface area contributed by atoms with Crippen molar-refractivity contribution in [2.24, 2.45) is 5.73 Å². The molecule has 1 heterocycles. The lowest BCUT2D eigenvalue weighted by Crippen LogP contribution is -2.44. The number of alkyl halides is 3. The van der Waals surface area contributed by atoms with Gasteiger partial charge in [-0.15, -0.1) is 11.8 Å². The van der Waals surface area contributed by atoms with E-state index in [4.69, 9.17) is 10.5 Å². The summed E-state index contributed by atoms with van der Waals surface area (Å²) in [5, 5.41) is -1.57. The number of ether oxygens (including phenoxy) is 1. The van der Waals surface area contributed by atoms with E-state index < -0.39 is 17.5 Å². The zero-order valence-corrected chi connectivity index (χ0v) is 10.3. The molecule has 0 saturated carbocycles. The fourth-order valence-electron chi connectivity index (χ4n) is 1.71. The van der Waals surface area contributed by atoms with Crippen molar-refractivity contribution in [3.63, 3.8) is 0 Å². The van der Waals surface area contributed by atoms with E-state index in [0.717, 1.165) is 11.8 Å². The van der Waals surface area contributed by atoms with Crippen LogP contribution in [-0.4, -0.2) is 35.4 Å². The molecule has 1 rings (SSSR count). The Morgan fingerprint density at radius 2 is 2.12 bits per heavy atom. The van der Waals surface area contributed by atoms with Crippen LogP contribution in [0.2, 0.25) is 0 Å². The number of nitrogens with two attached hydrogens (primary N) is 1. The summed E-state index contributed by atoms with van der Waals surface area (Å²) in [6, 6.07) is -0.835. The van der Waals surface area contributed by atoms with E-state index in [1.54, 1.807) is 6.92 Å². The summed E-state index contributed by atoms with van der Waals surface area (Å²) in [5.41, 5.74) is 5.55. The van der Waals surface area contributed by atoms with E-state index in [9.17, 15) is 13.2 Å². The van der Waals surface area contributed by atoms with Crippen molar-refractivity contribution >= 4 is 11.8 Å². The summed E-state index contributed by atoms with van der Waals surface area (Å²) in [6.45, 7) is 4.04. The Balaban J connectivity index is 2.63. The largest absolute Gasteiger partial charge is 0.402 e. The zero-order chi connectivity index (χ0) is 12.3. The Labute approximate surface area is 98.1 Å². The van der Waals surface area contributed by atoms with Crippen LogP contribution >= 0.6 is 11.8 Å². The zero-order valence-electron chi connectivity index (χ0n) is 9.46. The third-order valence-electron chi connectivity index (χ3n) is 2.81. The van der Waals surface area contributed by atoms with E-state index in [0.29, 0.717) is 19.4 Å². The molecule has 0 aromatic carbocycles. The van der Waals surface area contributed by atoms with E-state index >= 15 is 0 Å². The maximum absolute atomic E-state index is 12.8. The van der Waals surface area contributed by atoms with Crippen molar-refractivity contribution in [2.45, 2.75) is 55.5 Å². The maximum atomic E-state index is 12.8. The number of hydrogen-bond donors (Lipinski definition) is 1. The molecule has 0 aromatic rings. The molecule has 6 heteroatoms. The smallest absolute Gasteiger partial charge is 0.377 e. The number of thioether (sulfide) groups is 1. The minimum Gasteiger partial charge on any atom is -0.377 e. The molecule has 0 aromatic heterocycles. The topological polar surface area (TPSA) is 35.2 Å². The molecule has 1 aliphatic rings. The van der Waals surface area contributed by atoms with Gasteiger partial charge in [0.05, 0.1) is 6.10 Å². The normalized spacial score (nSPS) is 30.4. The highest BCUT2D eigenvalue weighted by Gasteiger charge is 2.45. The van der Waals surface area contributed by atoms with Crippen LogP contribution in [0.4, 0.5) is 13.2 Å². The van der Waals surface area contributed by atoms with Crippen LogP contribution < -0.4 is 5.73 Å². The summed E-state index contributed by atoms with van der Waals surface area (Å²) in [7, 11) is 0. The molecule has 2 N–H and O–H groups in total. The van der Waals surface area contributed by atoms with Gasteiger partial charge >= 0.3 is 6.18 Å². The summed E-state index contributed by atoms with van der Waals surface area (Å²) in [6.07, 6.45) is -3.34. The monoisotopic (exact) mass is 257 g/mol. The lowest BCUT2D eigenvalue weighted by atomic mass is 10.1. The van der Waals surface area contributed by atoms with Gasteiger partial charge in [-0.05, 0) is 19.8 Å². The highest BCUT2D eigenvalue weighted by atomic mass is 32.2. The average Bonchev–Trinajstić information content (AvgIpc) is 2.57. The summed E-state index contributed by atoms with van der Waals surface area (Å²) in [5.74, 6) is 0. The molecule has 1 saturated heterocycles. The predicted molar refractivity (Wildman–Crippen MR) is 59.5 cm³/mol. The standard InChI is InChI=1S/C10H18F3NOS/c1-3-7(14)9(10(11,12)13)16-8-4-5-15-6(8)2/h6-9H,3-5,14H2,1-2H3. The third kappa shape index (κ3) is 3.53. The molecule has 4 atom stereocenters. The predicted octanol–water partition coefficient (Wildman–Crippen LogP) is 2.57. The van der Waals surface area contributed by atoms with Crippen molar-refractivity contribution in [1.82, 2.24) is 0 Å². The summed E-state index contributed by atoms with van der Waals surface area (Å²) >= 11 is 0.925. The molecule has 4 unspecified atom stereocenters. The fourth-order valence-corrected chi connectivity index (χ4v) is 3.17. The quantitative estimate of drug-likeness (QED) is 0.840. The van der Waals surface area contributed by atoms with Crippen LogP contribution in [0.3, 0.4) is 0 Å². The Morgan fingerprint density at radius 3 is 2.50 bits per heavy atom. The van der Waals surface area contributed by atoms with Gasteiger partial charge in [-0.3, -0.25) is 0 Å². The minimum absolute atomic E-state index is 0.0933. The molecule has 0 spiro atoms. The molecular weight excluding hydrogens is 239 g/mol. The first-order chi connectivity index (χ1) is 7.36. The molecule has 96 valence electrons. The molecule has 1 aliphatic heterocycles. The van der Waals surface area contributed by atoms with Crippen LogP contribution in [0, 0.1) is 0 Å². The number of hydrogen-bond acceptors (Lipinski definition) is 3. The van der Waals surface area contributed by atoms with Crippen molar-refractivity contribution < 1.29 is 17.9 Å². The molecule has 16 heavy (non-hydrogen) atoms. The van der Waals surface area contributed by atoms with Crippen molar-refractivity contribution in [3.8, 4) is 0 Å². The van der Waals surface area contributed by atoms with Gasteiger partial charge in [0.25, 0.3) is 0 Å². The Morgan fingerprint density at radius 1 is 1.50 bits per heavy atom. The lowest BCUT2D eigenvalue weighted by Gasteiger charge is -2.28. The van der Waals surface area contributed by atoms with Gasteiger partial charge in [0, 0.05) is 17.9 Å². The number of rotatable bonds is 4. The first kappa shape index (κ1) is 14.1. The van der Waals surface area contributed by atoms with Gasteiger partial charge in [0.15, 0.2) is 0 Å². The van der Waals surface area contributed by atoms with Gasteiger partial charge in [-0.25, -0.2) is 0 Å². The molecule has 2 nitrogen and oxygen atoms in total. The van der Waals surface area contributed by atoms with Crippen LogP contribution in [0.1, 0.15) is 26.7 Å². The van der Waals surface area contributed by atoms with Gasteiger partial charge in [-0.1, -0.05) is 6.92 Å². The van der Waals surface area contributed by atoms with Gasteiger partial charge < -0.3 is 10.5 Å². The fraction of sp³-hybridized carbons (Fsp3) is 1.00. The SMILES string of the molecule is CCC(N)C(SC1CCOC1C)C(F)(F)F. The average molecular weight is 257 g/mol. The molecular formula is C10H18F3NOS. The lowest BCUT2D eigenvalue weighted by molar-refractivity contribution is -0.132. The molecule has 0 radical (unpaired) electrons. The second-order valence-electron chi connectivity index (χ2n) is 4.07. The van der Waals surface area contributed by atoms with Crippen molar-refractivity contribution in [2.75, 3.05) is 6.61 Å². The maximum Gasteiger partial charge on any atom is 0.402 e. The Bertz CT molecular complexity index is 225. The summed E-state index contributed by atoms with van der Waals surface area (Å²) in [4.78, 5) is 0. The Kier molecular flexibility index (Phi) is 4.94. The van der Waals surface area contributed by atoms with Gasteiger partial charge in [0.1, 0.15) is 5.25 Å². The Hall–Kier alpha value is 0.0600. The van der Waals surface area contributed by atoms with Crippen molar-refractivity contribution in [1.29, 1.82) is 0 Å². The minimum atomic E-state index is -4.23. The van der Waals surface area contributed by atoms with E-state index in [2.05, 4.69) is 0 Å². The second kappa shape index (κ2) is 5.60. The summed E-state index contributed by atoms with van der Waals surface area (Å²) < 4.78 is 43.7. The highest BCUT2D eigenvalue weighted by Crippen LogP contribution is 2.39. The van der Waals surface area contributed by atoms with Gasteiger partial charge in [0.2, 0.25) is 0 Å². The second-order valence-corrected chi connectivity index (χ2v) is 5.46. The van der Waals surface area contributed by atoms with Crippen LogP contribution in [0.15, 0.2) is 0 Å². The first-order valence-electron chi connectivity index (χ1n) is 5.45. The van der Waals surface area contributed by atoms with Crippen molar-refractivity contribution in [3.05, 3.63) is 0 Å². The number of halogens is 3. The van der Waals surface area contributed by atoms with E-state index in [1.165, 1.54) is 0 Å². The highest BCUT2D eigenvalue weighted by molar-refractivity contribution is 8.00.